The quantitative estimate of drug-likeness (QED) is 0.845. The van der Waals surface area contributed by atoms with Gasteiger partial charge in [-0.05, 0) is 6.42 Å². The van der Waals surface area contributed by atoms with Gasteiger partial charge in [-0.3, -0.25) is 0 Å². The maximum Gasteiger partial charge on any atom is 0.321 e. The number of anilines is 1. The monoisotopic (exact) mass is 282 g/mol. The van der Waals surface area contributed by atoms with Crippen molar-refractivity contribution in [1.29, 1.82) is 0 Å². The lowest BCUT2D eigenvalue weighted by Crippen LogP contribution is -2.07. The van der Waals surface area contributed by atoms with E-state index in [2.05, 4.69) is 37.4 Å². The molecule has 2 aromatic rings. The zero-order valence-electron chi connectivity index (χ0n) is 10.9. The fourth-order valence-electron chi connectivity index (χ4n) is 1.19. The number of nitrogens with one attached hydrogen (secondary N) is 1. The summed E-state index contributed by atoms with van der Waals surface area (Å²) in [7, 11) is 1.50. The molecule has 1 N–H and O–H groups in total. The van der Waals surface area contributed by atoms with Crippen LogP contribution in [0.4, 0.5) is 5.95 Å². The first-order chi connectivity index (χ1) is 9.21. The highest BCUT2D eigenvalue weighted by Crippen LogP contribution is 2.24. The highest BCUT2D eigenvalue weighted by atomic mass is 32.2. The van der Waals surface area contributed by atoms with Gasteiger partial charge in [0.25, 0.3) is 5.22 Å². The van der Waals surface area contributed by atoms with E-state index in [0.29, 0.717) is 22.2 Å². The number of rotatable bonds is 6. The standard InChI is InChI=1S/C10H14N6O2S/c1-4-5-11-7-12-8(17-3)14-9(13-7)19-10-16-15-6(2)18-10/h4-5H2,1-3H3,(H,11,12,13,14). The van der Waals surface area contributed by atoms with Gasteiger partial charge >= 0.3 is 6.01 Å². The van der Waals surface area contributed by atoms with Gasteiger partial charge in [0.05, 0.1) is 7.11 Å². The molecular formula is C10H14N6O2S. The second-order valence-electron chi connectivity index (χ2n) is 3.54. The topological polar surface area (TPSA) is 98.9 Å². The Morgan fingerprint density at radius 1 is 1.26 bits per heavy atom. The highest BCUT2D eigenvalue weighted by molar-refractivity contribution is 7.98. The van der Waals surface area contributed by atoms with Crippen LogP contribution in [0.15, 0.2) is 14.8 Å². The summed E-state index contributed by atoms with van der Waals surface area (Å²) in [6, 6.07) is 0.243. The van der Waals surface area contributed by atoms with Gasteiger partial charge in [0.2, 0.25) is 17.0 Å². The molecular weight excluding hydrogens is 268 g/mol. The molecule has 0 fully saturated rings. The van der Waals surface area contributed by atoms with Crippen molar-refractivity contribution in [2.24, 2.45) is 0 Å². The minimum absolute atomic E-state index is 0.243. The minimum Gasteiger partial charge on any atom is -0.467 e. The second-order valence-corrected chi connectivity index (χ2v) is 4.46. The molecule has 19 heavy (non-hydrogen) atoms. The maximum absolute atomic E-state index is 5.26. The van der Waals surface area contributed by atoms with Crippen LogP contribution < -0.4 is 10.1 Å². The smallest absolute Gasteiger partial charge is 0.321 e. The van der Waals surface area contributed by atoms with Crippen LogP contribution in [0.2, 0.25) is 0 Å². The first-order valence-corrected chi connectivity index (χ1v) is 6.54. The molecule has 0 bridgehead atoms. The van der Waals surface area contributed by atoms with Crippen LogP contribution in [0.25, 0.3) is 0 Å². The van der Waals surface area contributed by atoms with Gasteiger partial charge in [-0.1, -0.05) is 6.92 Å². The Morgan fingerprint density at radius 3 is 2.74 bits per heavy atom. The van der Waals surface area contributed by atoms with Crippen LogP contribution in [0, 0.1) is 6.92 Å². The number of aryl methyl sites for hydroxylation is 1. The maximum atomic E-state index is 5.26. The lowest BCUT2D eigenvalue weighted by molar-refractivity contribution is 0.373. The number of hydrogen-bond acceptors (Lipinski definition) is 9. The van der Waals surface area contributed by atoms with E-state index >= 15 is 0 Å². The summed E-state index contributed by atoms with van der Waals surface area (Å²) in [4.78, 5) is 12.5. The van der Waals surface area contributed by atoms with Crippen molar-refractivity contribution in [2.45, 2.75) is 30.6 Å². The number of ether oxygens (including phenoxy) is 1. The van der Waals surface area contributed by atoms with Crippen molar-refractivity contribution in [3.8, 4) is 6.01 Å². The van der Waals surface area contributed by atoms with E-state index in [0.717, 1.165) is 24.7 Å². The third kappa shape index (κ3) is 3.78. The van der Waals surface area contributed by atoms with E-state index in [4.69, 9.17) is 9.15 Å². The Hall–Kier alpha value is -1.90. The Morgan fingerprint density at radius 2 is 2.11 bits per heavy atom. The predicted octanol–water partition coefficient (Wildman–Crippen LogP) is 1.54. The fourth-order valence-corrected chi connectivity index (χ4v) is 1.84. The molecule has 2 aromatic heterocycles. The van der Waals surface area contributed by atoms with Crippen LogP contribution in [-0.4, -0.2) is 38.8 Å². The predicted molar refractivity (Wildman–Crippen MR) is 68.3 cm³/mol. The molecule has 0 saturated heterocycles. The molecule has 0 amide bonds. The van der Waals surface area contributed by atoms with Crippen molar-refractivity contribution in [1.82, 2.24) is 25.1 Å². The van der Waals surface area contributed by atoms with Gasteiger partial charge in [-0.25, -0.2) is 0 Å². The van der Waals surface area contributed by atoms with Crippen molar-refractivity contribution >= 4 is 17.7 Å². The third-order valence-electron chi connectivity index (χ3n) is 2.00. The number of hydrogen-bond donors (Lipinski definition) is 1. The van der Waals surface area contributed by atoms with E-state index in [1.807, 2.05) is 0 Å². The summed E-state index contributed by atoms with van der Waals surface area (Å²) >= 11 is 1.16. The van der Waals surface area contributed by atoms with E-state index in [1.165, 1.54) is 7.11 Å². The summed E-state index contributed by atoms with van der Waals surface area (Å²) < 4.78 is 10.3. The van der Waals surface area contributed by atoms with Crippen LogP contribution in [-0.2, 0) is 0 Å². The van der Waals surface area contributed by atoms with Gasteiger partial charge in [0, 0.05) is 25.2 Å². The highest BCUT2D eigenvalue weighted by Gasteiger charge is 2.11. The average Bonchev–Trinajstić information content (AvgIpc) is 2.81. The molecule has 2 heterocycles. The number of aromatic nitrogens is 5. The molecule has 0 saturated carbocycles. The molecule has 9 heteroatoms. The molecule has 0 aromatic carbocycles. The SMILES string of the molecule is CCCNc1nc(OC)nc(Sc2nnc(C)o2)n1. The molecule has 0 unspecified atom stereocenters. The van der Waals surface area contributed by atoms with E-state index in [-0.39, 0.29) is 6.01 Å². The lowest BCUT2D eigenvalue weighted by atomic mass is 10.5. The lowest BCUT2D eigenvalue weighted by Gasteiger charge is -2.05. The van der Waals surface area contributed by atoms with Crippen LogP contribution in [0.5, 0.6) is 6.01 Å². The Labute approximate surface area is 114 Å². The molecule has 2 rings (SSSR count). The summed E-state index contributed by atoms with van der Waals surface area (Å²) in [5.74, 6) is 0.959. The van der Waals surface area contributed by atoms with Crippen molar-refractivity contribution in [3.63, 3.8) is 0 Å². The molecule has 0 atom stereocenters. The summed E-state index contributed by atoms with van der Waals surface area (Å²) in [5.41, 5.74) is 0. The second kappa shape index (κ2) is 6.32. The van der Waals surface area contributed by atoms with Gasteiger partial charge in [-0.2, -0.15) is 15.0 Å². The first-order valence-electron chi connectivity index (χ1n) is 5.73. The van der Waals surface area contributed by atoms with Crippen molar-refractivity contribution < 1.29 is 9.15 Å². The zero-order chi connectivity index (χ0) is 13.7. The van der Waals surface area contributed by atoms with E-state index in [9.17, 15) is 0 Å². The van der Waals surface area contributed by atoms with Crippen molar-refractivity contribution in [2.75, 3.05) is 19.0 Å². The Balaban J connectivity index is 2.18. The fraction of sp³-hybridized carbons (Fsp3) is 0.500. The summed E-state index contributed by atoms with van der Waals surface area (Å²) in [6.07, 6.45) is 0.972. The van der Waals surface area contributed by atoms with Crippen LogP contribution in [0.1, 0.15) is 19.2 Å². The van der Waals surface area contributed by atoms with Crippen LogP contribution >= 0.6 is 11.8 Å². The molecule has 0 radical (unpaired) electrons. The molecule has 0 aliphatic heterocycles. The molecule has 102 valence electrons. The third-order valence-corrected chi connectivity index (χ3v) is 2.70. The summed E-state index contributed by atoms with van der Waals surface area (Å²) in [5, 5.41) is 11.5. The molecule has 8 nitrogen and oxygen atoms in total. The van der Waals surface area contributed by atoms with Crippen molar-refractivity contribution in [3.05, 3.63) is 5.89 Å². The molecule has 0 aliphatic carbocycles. The minimum atomic E-state index is 0.243. The number of nitrogens with zero attached hydrogens (tertiary/aromatic N) is 5. The van der Waals surface area contributed by atoms with Crippen LogP contribution in [0.3, 0.4) is 0 Å². The first kappa shape index (κ1) is 13.5. The Bertz CT molecular complexity index is 547. The molecule has 0 spiro atoms. The largest absolute Gasteiger partial charge is 0.467 e. The van der Waals surface area contributed by atoms with Gasteiger partial charge < -0.3 is 14.5 Å². The van der Waals surface area contributed by atoms with Gasteiger partial charge in [0.1, 0.15) is 0 Å². The average molecular weight is 282 g/mol. The normalized spacial score (nSPS) is 10.5. The van der Waals surface area contributed by atoms with E-state index < -0.39 is 0 Å². The summed E-state index contributed by atoms with van der Waals surface area (Å²) in [6.45, 7) is 4.55. The Kier molecular flexibility index (Phi) is 4.50. The molecule has 0 aliphatic rings. The van der Waals surface area contributed by atoms with Gasteiger partial charge in [0.15, 0.2) is 0 Å². The van der Waals surface area contributed by atoms with E-state index in [1.54, 1.807) is 6.92 Å². The zero-order valence-corrected chi connectivity index (χ0v) is 11.7. The number of methoxy groups -OCH3 is 1. The van der Waals surface area contributed by atoms with Gasteiger partial charge in [-0.15, -0.1) is 10.2 Å².